The fourth-order valence-electron chi connectivity index (χ4n) is 2.76. The van der Waals surface area contributed by atoms with Gasteiger partial charge in [0.05, 0.1) is 26.2 Å². The molecule has 1 heterocycles. The van der Waals surface area contributed by atoms with Crippen LogP contribution >= 0.6 is 11.3 Å². The summed E-state index contributed by atoms with van der Waals surface area (Å²) in [5.74, 6) is 0.303. The summed E-state index contributed by atoms with van der Waals surface area (Å²) < 4.78 is 10.5. The third-order valence-corrected chi connectivity index (χ3v) is 5.22. The van der Waals surface area contributed by atoms with Gasteiger partial charge in [-0.05, 0) is 29.3 Å². The lowest BCUT2D eigenvalue weighted by Crippen LogP contribution is -2.17. The van der Waals surface area contributed by atoms with Gasteiger partial charge in [-0.3, -0.25) is 9.59 Å². The number of thiophene rings is 1. The molecule has 0 aliphatic rings. The fraction of sp³-hybridized carbons (Fsp3) is 0.143. The normalized spacial score (nSPS) is 10.4. The van der Waals surface area contributed by atoms with E-state index in [0.29, 0.717) is 22.1 Å². The van der Waals surface area contributed by atoms with Crippen LogP contribution in [0.15, 0.2) is 54.6 Å². The van der Waals surface area contributed by atoms with E-state index in [1.807, 2.05) is 30.3 Å². The van der Waals surface area contributed by atoms with Crippen molar-refractivity contribution in [2.24, 2.45) is 5.73 Å². The number of rotatable bonds is 7. The number of anilines is 1. The van der Waals surface area contributed by atoms with E-state index in [0.717, 1.165) is 16.0 Å². The van der Waals surface area contributed by atoms with E-state index in [4.69, 9.17) is 15.2 Å². The Bertz CT molecular complexity index is 999. The van der Waals surface area contributed by atoms with E-state index in [2.05, 4.69) is 5.32 Å². The summed E-state index contributed by atoms with van der Waals surface area (Å²) in [6.45, 7) is 0. The van der Waals surface area contributed by atoms with Gasteiger partial charge in [0, 0.05) is 4.88 Å². The van der Waals surface area contributed by atoms with Gasteiger partial charge < -0.3 is 20.5 Å². The predicted molar refractivity (Wildman–Crippen MR) is 110 cm³/mol. The average molecular weight is 396 g/mol. The van der Waals surface area contributed by atoms with Crippen LogP contribution < -0.4 is 20.5 Å². The zero-order chi connectivity index (χ0) is 20.1. The second-order valence-corrected chi connectivity index (χ2v) is 7.05. The van der Waals surface area contributed by atoms with Crippen molar-refractivity contribution in [3.05, 3.63) is 65.7 Å². The number of amides is 2. The van der Waals surface area contributed by atoms with Gasteiger partial charge in [-0.2, -0.15) is 0 Å². The van der Waals surface area contributed by atoms with Gasteiger partial charge in [-0.1, -0.05) is 36.4 Å². The Kier molecular flexibility index (Phi) is 5.96. The van der Waals surface area contributed by atoms with Gasteiger partial charge in [0.2, 0.25) is 5.91 Å². The summed E-state index contributed by atoms with van der Waals surface area (Å²) in [4.78, 5) is 25.2. The molecule has 0 aliphatic heterocycles. The Morgan fingerprint density at radius 1 is 1.00 bits per heavy atom. The molecule has 0 radical (unpaired) electrons. The Morgan fingerprint density at radius 3 is 2.36 bits per heavy atom. The molecule has 0 spiro atoms. The number of hydrogen-bond acceptors (Lipinski definition) is 5. The van der Waals surface area contributed by atoms with Crippen molar-refractivity contribution < 1.29 is 19.1 Å². The van der Waals surface area contributed by atoms with Gasteiger partial charge in [-0.15, -0.1) is 11.3 Å². The van der Waals surface area contributed by atoms with Crippen LogP contribution in [0.3, 0.4) is 0 Å². The molecule has 2 amide bonds. The third-order valence-electron chi connectivity index (χ3n) is 4.12. The van der Waals surface area contributed by atoms with Crippen molar-refractivity contribution in [2.75, 3.05) is 19.5 Å². The van der Waals surface area contributed by atoms with Crippen LogP contribution in [0.2, 0.25) is 0 Å². The number of nitrogens with two attached hydrogens (primary N) is 1. The predicted octanol–water partition coefficient (Wildman–Crippen LogP) is 3.71. The van der Waals surface area contributed by atoms with Crippen molar-refractivity contribution >= 4 is 28.2 Å². The first-order valence-corrected chi connectivity index (χ1v) is 9.33. The Balaban J connectivity index is 1.80. The minimum absolute atomic E-state index is 0.122. The number of carbonyl (C=O) groups is 2. The molecule has 0 aliphatic carbocycles. The maximum atomic E-state index is 12.5. The number of methoxy groups -OCH3 is 2. The summed E-state index contributed by atoms with van der Waals surface area (Å²) >= 11 is 1.32. The molecule has 1 aromatic heterocycles. The van der Waals surface area contributed by atoms with Crippen LogP contribution in [0.4, 0.5) is 5.00 Å². The van der Waals surface area contributed by atoms with Crippen molar-refractivity contribution in [1.29, 1.82) is 0 Å². The number of primary amides is 1. The molecule has 0 saturated carbocycles. The SMILES string of the molecule is COc1ccc(CC(=O)Nc2sc(-c3ccccc3)cc2C(N)=O)cc1OC. The summed E-state index contributed by atoms with van der Waals surface area (Å²) in [6.07, 6.45) is 0.122. The van der Waals surface area contributed by atoms with Gasteiger partial charge in [-0.25, -0.2) is 0 Å². The number of carbonyl (C=O) groups excluding carboxylic acids is 2. The third kappa shape index (κ3) is 4.32. The highest BCUT2D eigenvalue weighted by Crippen LogP contribution is 2.35. The second kappa shape index (κ2) is 8.58. The van der Waals surface area contributed by atoms with Crippen LogP contribution in [0, 0.1) is 0 Å². The Morgan fingerprint density at radius 2 is 1.71 bits per heavy atom. The van der Waals surface area contributed by atoms with E-state index in [1.165, 1.54) is 18.4 Å². The van der Waals surface area contributed by atoms with Crippen LogP contribution in [-0.4, -0.2) is 26.0 Å². The second-order valence-electron chi connectivity index (χ2n) is 6.00. The molecule has 3 aromatic rings. The Hall–Kier alpha value is -3.32. The first-order chi connectivity index (χ1) is 13.5. The number of benzene rings is 2. The standard InChI is InChI=1S/C21H20N2O4S/c1-26-16-9-8-13(10-17(16)27-2)11-19(24)23-21-15(20(22)25)12-18(28-21)14-6-4-3-5-7-14/h3-10,12H,11H2,1-2H3,(H2,22,25)(H,23,24). The number of ether oxygens (including phenoxy) is 2. The van der Waals surface area contributed by atoms with E-state index in [1.54, 1.807) is 31.4 Å². The molecule has 28 heavy (non-hydrogen) atoms. The highest BCUT2D eigenvalue weighted by Gasteiger charge is 2.17. The minimum Gasteiger partial charge on any atom is -0.493 e. The first kappa shape index (κ1) is 19.4. The molecule has 3 rings (SSSR count). The summed E-state index contributed by atoms with van der Waals surface area (Å²) in [5, 5.41) is 3.24. The molecule has 6 nitrogen and oxygen atoms in total. The number of nitrogens with one attached hydrogen (secondary N) is 1. The maximum absolute atomic E-state index is 12.5. The van der Waals surface area contributed by atoms with Crippen molar-refractivity contribution in [2.45, 2.75) is 6.42 Å². The van der Waals surface area contributed by atoms with E-state index in [-0.39, 0.29) is 12.3 Å². The molecule has 0 unspecified atom stereocenters. The first-order valence-electron chi connectivity index (χ1n) is 8.51. The molecule has 0 bridgehead atoms. The van der Waals surface area contributed by atoms with Crippen molar-refractivity contribution in [1.82, 2.24) is 0 Å². The van der Waals surface area contributed by atoms with Crippen LogP contribution in [0.25, 0.3) is 10.4 Å². The molecule has 0 atom stereocenters. The highest BCUT2D eigenvalue weighted by molar-refractivity contribution is 7.20. The van der Waals surface area contributed by atoms with E-state index < -0.39 is 5.91 Å². The van der Waals surface area contributed by atoms with Crippen LogP contribution in [-0.2, 0) is 11.2 Å². The van der Waals surface area contributed by atoms with Gasteiger partial charge in [0.25, 0.3) is 5.91 Å². The molecule has 0 saturated heterocycles. The molecule has 7 heteroatoms. The lowest BCUT2D eigenvalue weighted by molar-refractivity contribution is -0.115. The molecular weight excluding hydrogens is 376 g/mol. The zero-order valence-electron chi connectivity index (χ0n) is 15.5. The largest absolute Gasteiger partial charge is 0.493 e. The topological polar surface area (TPSA) is 90.6 Å². The van der Waals surface area contributed by atoms with Crippen molar-refractivity contribution in [3.63, 3.8) is 0 Å². The molecule has 3 N–H and O–H groups in total. The Labute approximate surface area is 166 Å². The summed E-state index contributed by atoms with van der Waals surface area (Å²) in [6, 6.07) is 16.6. The molecular formula is C21H20N2O4S. The lowest BCUT2D eigenvalue weighted by atomic mass is 10.1. The minimum atomic E-state index is -0.583. The van der Waals surface area contributed by atoms with Gasteiger partial charge >= 0.3 is 0 Å². The monoisotopic (exact) mass is 396 g/mol. The highest BCUT2D eigenvalue weighted by atomic mass is 32.1. The van der Waals surface area contributed by atoms with E-state index >= 15 is 0 Å². The van der Waals surface area contributed by atoms with E-state index in [9.17, 15) is 9.59 Å². The maximum Gasteiger partial charge on any atom is 0.251 e. The molecule has 0 fully saturated rings. The van der Waals surface area contributed by atoms with Crippen LogP contribution in [0.5, 0.6) is 11.5 Å². The zero-order valence-corrected chi connectivity index (χ0v) is 16.3. The summed E-state index contributed by atoms with van der Waals surface area (Å²) in [7, 11) is 3.09. The molecule has 144 valence electrons. The smallest absolute Gasteiger partial charge is 0.251 e. The fourth-order valence-corrected chi connectivity index (χ4v) is 3.84. The number of hydrogen-bond donors (Lipinski definition) is 2. The molecule has 2 aromatic carbocycles. The lowest BCUT2D eigenvalue weighted by Gasteiger charge is -2.10. The van der Waals surface area contributed by atoms with Gasteiger partial charge in [0.1, 0.15) is 5.00 Å². The quantitative estimate of drug-likeness (QED) is 0.637. The average Bonchev–Trinajstić information content (AvgIpc) is 3.12. The van der Waals surface area contributed by atoms with Crippen molar-refractivity contribution in [3.8, 4) is 21.9 Å². The van der Waals surface area contributed by atoms with Crippen LogP contribution in [0.1, 0.15) is 15.9 Å². The van der Waals surface area contributed by atoms with Gasteiger partial charge in [0.15, 0.2) is 11.5 Å². The summed E-state index contributed by atoms with van der Waals surface area (Å²) in [5.41, 5.74) is 7.50.